The molecule has 0 aromatic heterocycles. The molecule has 16 atom stereocenters. The molecule has 0 aromatic rings. The van der Waals surface area contributed by atoms with Gasteiger partial charge in [-0.15, -0.1) is 11.6 Å². The molecule has 37 heavy (non-hydrogen) atoms. The number of alkyl halides is 1. The SMILES string of the molecule is OCC1OC(OCC2=COC(OC3OC(CO)C(O)C(O)C3O)C3C(O)C(Cl)C(O)C23)C(O)C(O)C1O. The third-order valence-corrected chi connectivity index (χ3v) is 7.82. The second-order valence-electron chi connectivity index (χ2n) is 9.57. The van der Waals surface area contributed by atoms with E-state index in [0.29, 0.717) is 0 Å². The summed E-state index contributed by atoms with van der Waals surface area (Å²) >= 11 is 6.20. The van der Waals surface area contributed by atoms with Crippen LogP contribution in [0.4, 0.5) is 0 Å². The Morgan fingerprint density at radius 1 is 0.676 bits per heavy atom. The largest absolute Gasteiger partial charge is 0.472 e. The fourth-order valence-electron chi connectivity index (χ4n) is 5.12. The number of fused-ring (bicyclic) bond motifs is 1. The number of rotatable bonds is 7. The van der Waals surface area contributed by atoms with Gasteiger partial charge in [-0.25, -0.2) is 0 Å². The van der Waals surface area contributed by atoms with E-state index in [4.69, 9.17) is 35.3 Å². The van der Waals surface area contributed by atoms with E-state index in [0.717, 1.165) is 6.26 Å². The van der Waals surface area contributed by atoms with Gasteiger partial charge in [-0.2, -0.15) is 0 Å². The molecule has 0 radical (unpaired) electrons. The van der Waals surface area contributed by atoms with Crippen molar-refractivity contribution in [1.82, 2.24) is 0 Å². The van der Waals surface area contributed by atoms with E-state index in [1.54, 1.807) is 0 Å². The van der Waals surface area contributed by atoms with E-state index >= 15 is 0 Å². The molecule has 2 saturated heterocycles. The predicted octanol–water partition coefficient (Wildman–Crippen LogP) is -5.57. The van der Waals surface area contributed by atoms with Crippen LogP contribution in [0.3, 0.4) is 0 Å². The molecule has 3 fully saturated rings. The molecule has 0 spiro atoms. The van der Waals surface area contributed by atoms with Crippen molar-refractivity contribution < 1.29 is 74.7 Å². The molecule has 0 amide bonds. The highest BCUT2D eigenvalue weighted by Gasteiger charge is 2.57. The van der Waals surface area contributed by atoms with Crippen LogP contribution in [-0.2, 0) is 23.7 Å². The highest BCUT2D eigenvalue weighted by atomic mass is 35.5. The predicted molar refractivity (Wildman–Crippen MR) is 116 cm³/mol. The number of hydrogen-bond acceptors (Lipinski definition) is 15. The van der Waals surface area contributed by atoms with Crippen molar-refractivity contribution in [3.05, 3.63) is 11.8 Å². The minimum atomic E-state index is -1.74. The van der Waals surface area contributed by atoms with Gasteiger partial charge in [-0.3, -0.25) is 0 Å². The Morgan fingerprint density at radius 2 is 1.22 bits per heavy atom. The van der Waals surface area contributed by atoms with Crippen LogP contribution in [0.15, 0.2) is 11.8 Å². The highest BCUT2D eigenvalue weighted by molar-refractivity contribution is 6.21. The van der Waals surface area contributed by atoms with Gasteiger partial charge in [-0.05, 0) is 5.57 Å². The Kier molecular flexibility index (Phi) is 9.32. The van der Waals surface area contributed by atoms with Crippen molar-refractivity contribution in [2.75, 3.05) is 19.8 Å². The van der Waals surface area contributed by atoms with Crippen LogP contribution in [0.2, 0.25) is 0 Å². The Labute approximate surface area is 215 Å². The lowest BCUT2D eigenvalue weighted by Gasteiger charge is -2.43. The first kappa shape index (κ1) is 29.3. The van der Waals surface area contributed by atoms with Crippen molar-refractivity contribution in [2.24, 2.45) is 11.8 Å². The summed E-state index contributed by atoms with van der Waals surface area (Å²) in [5, 5.41) is 99.3. The summed E-state index contributed by atoms with van der Waals surface area (Å²) in [4.78, 5) is 0. The summed E-state index contributed by atoms with van der Waals surface area (Å²) in [6.45, 7) is -1.70. The molecule has 16 unspecified atom stereocenters. The summed E-state index contributed by atoms with van der Waals surface area (Å²) in [6.07, 6.45) is -18.4. The van der Waals surface area contributed by atoms with E-state index in [2.05, 4.69) is 0 Å². The second-order valence-corrected chi connectivity index (χ2v) is 10.1. The first-order valence-corrected chi connectivity index (χ1v) is 12.2. The maximum Gasteiger partial charge on any atom is 0.207 e. The van der Waals surface area contributed by atoms with Crippen molar-refractivity contribution in [2.45, 2.75) is 85.3 Å². The molecule has 1 saturated carbocycles. The number of aliphatic hydroxyl groups excluding tert-OH is 10. The molecule has 0 aromatic carbocycles. The van der Waals surface area contributed by atoms with Crippen LogP contribution in [0.25, 0.3) is 0 Å². The second kappa shape index (κ2) is 11.8. The molecule has 16 heteroatoms. The molecule has 0 bridgehead atoms. The van der Waals surface area contributed by atoms with Gasteiger partial charge in [-0.1, -0.05) is 0 Å². The van der Waals surface area contributed by atoms with E-state index in [-0.39, 0.29) is 12.2 Å². The van der Waals surface area contributed by atoms with Crippen LogP contribution in [0.5, 0.6) is 0 Å². The summed E-state index contributed by atoms with van der Waals surface area (Å²) in [5.74, 6) is -1.96. The smallest absolute Gasteiger partial charge is 0.207 e. The van der Waals surface area contributed by atoms with Crippen LogP contribution in [0.1, 0.15) is 0 Å². The summed E-state index contributed by atoms with van der Waals surface area (Å²) in [7, 11) is 0. The molecule has 214 valence electrons. The molecular weight excluding hydrogens is 528 g/mol. The van der Waals surface area contributed by atoms with Gasteiger partial charge in [0.2, 0.25) is 6.29 Å². The molecule has 4 aliphatic rings. The van der Waals surface area contributed by atoms with E-state index in [1.807, 2.05) is 0 Å². The maximum absolute atomic E-state index is 10.7. The third kappa shape index (κ3) is 5.37. The van der Waals surface area contributed by atoms with Crippen molar-refractivity contribution in [3.63, 3.8) is 0 Å². The quantitative estimate of drug-likeness (QED) is 0.130. The van der Waals surface area contributed by atoms with Crippen molar-refractivity contribution in [3.8, 4) is 0 Å². The lowest BCUT2D eigenvalue weighted by Crippen LogP contribution is -2.60. The zero-order valence-corrected chi connectivity index (χ0v) is 20.1. The molecule has 3 aliphatic heterocycles. The van der Waals surface area contributed by atoms with Crippen molar-refractivity contribution in [1.29, 1.82) is 0 Å². The van der Waals surface area contributed by atoms with Gasteiger partial charge < -0.3 is 74.7 Å². The monoisotopic (exact) mass is 560 g/mol. The van der Waals surface area contributed by atoms with Gasteiger partial charge >= 0.3 is 0 Å². The zero-order chi connectivity index (χ0) is 27.2. The normalized spacial score (nSPS) is 52.4. The minimum absolute atomic E-state index is 0.255. The van der Waals surface area contributed by atoms with E-state index in [9.17, 15) is 51.1 Å². The molecule has 3 heterocycles. The molecule has 15 nitrogen and oxygen atoms in total. The Hall–Kier alpha value is -0.730. The number of ether oxygens (including phenoxy) is 5. The van der Waals surface area contributed by atoms with E-state index in [1.165, 1.54) is 0 Å². The molecular formula is C21H33ClO15. The van der Waals surface area contributed by atoms with Gasteiger partial charge in [0.05, 0.1) is 49.6 Å². The molecule has 10 N–H and O–H groups in total. The van der Waals surface area contributed by atoms with Crippen LogP contribution in [0, 0.1) is 11.8 Å². The van der Waals surface area contributed by atoms with Gasteiger partial charge in [0.1, 0.15) is 48.8 Å². The lowest BCUT2D eigenvalue weighted by molar-refractivity contribution is -0.344. The Balaban J connectivity index is 1.49. The van der Waals surface area contributed by atoms with Crippen LogP contribution < -0.4 is 0 Å². The maximum atomic E-state index is 10.7. The molecule has 4 rings (SSSR count). The minimum Gasteiger partial charge on any atom is -0.472 e. The topological polar surface area (TPSA) is 248 Å². The number of hydrogen-bond donors (Lipinski definition) is 10. The van der Waals surface area contributed by atoms with Crippen LogP contribution >= 0.6 is 11.6 Å². The first-order valence-electron chi connectivity index (χ1n) is 11.7. The lowest BCUT2D eigenvalue weighted by atomic mass is 9.85. The third-order valence-electron chi connectivity index (χ3n) is 7.30. The summed E-state index contributed by atoms with van der Waals surface area (Å²) in [6, 6.07) is 0. The standard InChI is InChI=1S/C21H33ClO15/c22-10-13(27)8-5(4-34-20-17(31)15(29)11(25)6(1-23)35-20)3-33-19(9(8)14(10)28)37-21-18(32)16(30)12(26)7(2-24)36-21/h3,6-21,23-32H,1-2,4H2. The number of halogens is 1. The average Bonchev–Trinajstić information content (AvgIpc) is 3.12. The zero-order valence-electron chi connectivity index (χ0n) is 19.3. The van der Waals surface area contributed by atoms with E-state index < -0.39 is 110 Å². The fraction of sp³-hybridized carbons (Fsp3) is 0.905. The highest BCUT2D eigenvalue weighted by Crippen LogP contribution is 2.46. The number of aliphatic hydroxyl groups is 10. The first-order chi connectivity index (χ1) is 17.5. The Bertz CT molecular complexity index is 800. The Morgan fingerprint density at radius 3 is 1.78 bits per heavy atom. The van der Waals surface area contributed by atoms with Crippen molar-refractivity contribution >= 4 is 11.6 Å². The fourth-order valence-corrected chi connectivity index (χ4v) is 5.45. The van der Waals surface area contributed by atoms with Crippen LogP contribution in [-0.4, -0.2) is 156 Å². The molecule has 1 aliphatic carbocycles. The summed E-state index contributed by atoms with van der Waals surface area (Å²) < 4.78 is 27.4. The van der Waals surface area contributed by atoms with Gasteiger partial charge in [0.25, 0.3) is 0 Å². The van der Waals surface area contributed by atoms with Gasteiger partial charge in [0, 0.05) is 5.92 Å². The summed E-state index contributed by atoms with van der Waals surface area (Å²) in [5.41, 5.74) is 0.255. The average molecular weight is 561 g/mol. The van der Waals surface area contributed by atoms with Gasteiger partial charge in [0.15, 0.2) is 12.6 Å².